The van der Waals surface area contributed by atoms with Gasteiger partial charge in [-0.05, 0) is 56.7 Å². The number of rotatable bonds is 7. The van der Waals surface area contributed by atoms with E-state index >= 15 is 0 Å². The topological polar surface area (TPSA) is 109 Å². The first-order valence-corrected chi connectivity index (χ1v) is 12.0. The molecule has 1 atom stereocenters. The minimum absolute atomic E-state index is 0.0870. The highest BCUT2D eigenvalue weighted by atomic mass is 16.5. The number of anilines is 1. The molecule has 1 saturated carbocycles. The van der Waals surface area contributed by atoms with Crippen LogP contribution in [-0.4, -0.2) is 55.8 Å². The fourth-order valence-corrected chi connectivity index (χ4v) is 4.57. The summed E-state index contributed by atoms with van der Waals surface area (Å²) in [7, 11) is 1.75. The highest BCUT2D eigenvalue weighted by Crippen LogP contribution is 2.29. The van der Waals surface area contributed by atoms with E-state index in [0.717, 1.165) is 59.8 Å². The average molecular weight is 462 g/mol. The molecule has 1 fully saturated rings. The number of carbonyl (C=O) groups is 1. The Hall–Kier alpha value is -3.46. The highest BCUT2D eigenvalue weighted by molar-refractivity contribution is 6.02. The molecule has 9 heteroatoms. The number of aromatic nitrogens is 5. The molecule has 4 aromatic heterocycles. The molecule has 4 aromatic rings. The summed E-state index contributed by atoms with van der Waals surface area (Å²) in [5, 5.41) is 11.8. The lowest BCUT2D eigenvalue weighted by Gasteiger charge is -2.28. The van der Waals surface area contributed by atoms with Gasteiger partial charge in [-0.25, -0.2) is 9.50 Å². The van der Waals surface area contributed by atoms with Crippen LogP contribution in [0.3, 0.4) is 0 Å². The largest absolute Gasteiger partial charge is 0.381 e. The van der Waals surface area contributed by atoms with Gasteiger partial charge in [0.2, 0.25) is 5.95 Å². The Bertz CT molecular complexity index is 1300. The van der Waals surface area contributed by atoms with E-state index < -0.39 is 0 Å². The van der Waals surface area contributed by atoms with Gasteiger partial charge >= 0.3 is 0 Å². The van der Waals surface area contributed by atoms with E-state index in [4.69, 9.17) is 4.74 Å². The van der Waals surface area contributed by atoms with E-state index in [2.05, 4.69) is 44.5 Å². The molecule has 178 valence electrons. The van der Waals surface area contributed by atoms with Crippen molar-refractivity contribution in [3.05, 3.63) is 42.5 Å². The fraction of sp³-hybridized carbons (Fsp3) is 0.440. The Labute approximate surface area is 198 Å². The number of hydrogen-bond donors (Lipinski definition) is 3. The second-order valence-corrected chi connectivity index (χ2v) is 9.10. The van der Waals surface area contributed by atoms with Gasteiger partial charge in [0.25, 0.3) is 5.91 Å². The van der Waals surface area contributed by atoms with Gasteiger partial charge in [0, 0.05) is 48.7 Å². The molecule has 0 radical (unpaired) electrons. The van der Waals surface area contributed by atoms with Crippen molar-refractivity contribution in [2.75, 3.05) is 12.4 Å². The Morgan fingerprint density at radius 3 is 2.88 bits per heavy atom. The van der Waals surface area contributed by atoms with Crippen molar-refractivity contribution in [3.8, 4) is 11.1 Å². The number of H-pyrrole nitrogens is 1. The third-order valence-corrected chi connectivity index (χ3v) is 6.84. The lowest BCUT2D eigenvalue weighted by molar-refractivity contribution is 0.0599. The molecule has 3 N–H and O–H groups in total. The van der Waals surface area contributed by atoms with E-state index in [0.29, 0.717) is 23.7 Å². The van der Waals surface area contributed by atoms with Crippen LogP contribution in [0.4, 0.5) is 5.95 Å². The van der Waals surface area contributed by atoms with E-state index in [-0.39, 0.29) is 11.9 Å². The van der Waals surface area contributed by atoms with Crippen molar-refractivity contribution < 1.29 is 9.53 Å². The first-order valence-electron chi connectivity index (χ1n) is 12.0. The van der Waals surface area contributed by atoms with Gasteiger partial charge in [-0.2, -0.15) is 10.1 Å². The molecule has 5 rings (SSSR count). The van der Waals surface area contributed by atoms with Crippen LogP contribution in [0.2, 0.25) is 0 Å². The number of pyridine rings is 1. The smallest absolute Gasteiger partial charge is 0.255 e. The maximum absolute atomic E-state index is 13.1. The van der Waals surface area contributed by atoms with Crippen molar-refractivity contribution in [3.63, 3.8) is 0 Å². The van der Waals surface area contributed by atoms with Crippen molar-refractivity contribution >= 4 is 28.4 Å². The molecule has 4 heterocycles. The van der Waals surface area contributed by atoms with Gasteiger partial charge in [-0.3, -0.25) is 4.79 Å². The number of aromatic amines is 1. The minimum Gasteiger partial charge on any atom is -0.381 e. The summed E-state index contributed by atoms with van der Waals surface area (Å²) in [5.41, 5.74) is 4.07. The number of hydrogen-bond acceptors (Lipinski definition) is 6. The molecule has 0 bridgehead atoms. The van der Waals surface area contributed by atoms with Crippen LogP contribution in [0.5, 0.6) is 0 Å². The van der Waals surface area contributed by atoms with Crippen LogP contribution in [-0.2, 0) is 4.74 Å². The zero-order valence-electron chi connectivity index (χ0n) is 19.8. The Morgan fingerprint density at radius 1 is 1.29 bits per heavy atom. The number of carbonyl (C=O) groups excluding carboxylic acids is 1. The molecule has 0 spiro atoms. The van der Waals surface area contributed by atoms with Gasteiger partial charge < -0.3 is 20.4 Å². The molecule has 9 nitrogen and oxygen atoms in total. The van der Waals surface area contributed by atoms with Crippen LogP contribution in [0.1, 0.15) is 56.3 Å². The molecule has 1 unspecified atom stereocenters. The van der Waals surface area contributed by atoms with Gasteiger partial charge in [0.05, 0.1) is 23.4 Å². The van der Waals surface area contributed by atoms with Crippen molar-refractivity contribution in [2.45, 2.75) is 64.1 Å². The molecule has 0 aromatic carbocycles. The third-order valence-electron chi connectivity index (χ3n) is 6.84. The normalized spacial score (nSPS) is 19.4. The molecule has 0 saturated heterocycles. The zero-order valence-corrected chi connectivity index (χ0v) is 19.8. The van der Waals surface area contributed by atoms with Crippen molar-refractivity contribution in [2.24, 2.45) is 0 Å². The van der Waals surface area contributed by atoms with E-state index in [9.17, 15) is 4.79 Å². The number of fused-ring (bicyclic) bond motifs is 2. The molecule has 1 aliphatic carbocycles. The maximum Gasteiger partial charge on any atom is 0.255 e. The van der Waals surface area contributed by atoms with Crippen LogP contribution < -0.4 is 10.6 Å². The summed E-state index contributed by atoms with van der Waals surface area (Å²) in [5.74, 6) is 0.524. The standard InChI is InChI=1S/C25H31N7O2/c1-4-15(2)29-25-27-13-20-19(12-26-23(20)31-25)16-9-10-32-22(11-16)21(14-28-32)24(33)30-17-5-7-18(34-3)8-6-17/h9-15,17-18H,4-8H2,1-3H3,(H,30,33)(H2,26,27,29,31). The molecule has 1 amide bonds. The average Bonchev–Trinajstić information content (AvgIpc) is 3.48. The molecule has 1 aliphatic rings. The van der Waals surface area contributed by atoms with Crippen LogP contribution >= 0.6 is 0 Å². The zero-order chi connectivity index (χ0) is 23.7. The molecular formula is C25H31N7O2. The number of ether oxygens (including phenoxy) is 1. The SMILES string of the molecule is CCC(C)Nc1ncc2c(-c3ccn4ncc(C(=O)NC5CCC(OC)CC5)c4c3)c[nH]c2n1. The first kappa shape index (κ1) is 22.3. The first-order chi connectivity index (χ1) is 16.6. The second-order valence-electron chi connectivity index (χ2n) is 9.10. The van der Waals surface area contributed by atoms with E-state index in [1.165, 1.54) is 0 Å². The van der Waals surface area contributed by atoms with Gasteiger partial charge in [0.1, 0.15) is 5.65 Å². The Balaban J connectivity index is 1.39. The van der Waals surface area contributed by atoms with Crippen LogP contribution in [0.15, 0.2) is 36.9 Å². The minimum atomic E-state index is -0.0870. The van der Waals surface area contributed by atoms with Crippen molar-refractivity contribution in [1.82, 2.24) is 29.9 Å². The Kier molecular flexibility index (Phi) is 6.19. The van der Waals surface area contributed by atoms with Crippen LogP contribution in [0, 0.1) is 0 Å². The lowest BCUT2D eigenvalue weighted by atomic mass is 9.93. The highest BCUT2D eigenvalue weighted by Gasteiger charge is 2.24. The lowest BCUT2D eigenvalue weighted by Crippen LogP contribution is -2.38. The predicted molar refractivity (Wildman–Crippen MR) is 132 cm³/mol. The molecule has 34 heavy (non-hydrogen) atoms. The second kappa shape index (κ2) is 9.42. The quantitative estimate of drug-likeness (QED) is 0.381. The van der Waals surface area contributed by atoms with Crippen LogP contribution in [0.25, 0.3) is 27.7 Å². The van der Waals surface area contributed by atoms with Gasteiger partial charge in [-0.1, -0.05) is 6.92 Å². The summed E-state index contributed by atoms with van der Waals surface area (Å²) in [6.45, 7) is 4.22. The van der Waals surface area contributed by atoms with Gasteiger partial charge in [0.15, 0.2) is 0 Å². The number of amides is 1. The predicted octanol–water partition coefficient (Wildman–Crippen LogP) is 4.17. The maximum atomic E-state index is 13.1. The van der Waals surface area contributed by atoms with Crippen molar-refractivity contribution in [1.29, 1.82) is 0 Å². The third kappa shape index (κ3) is 4.35. The monoisotopic (exact) mass is 461 g/mol. The Morgan fingerprint density at radius 2 is 2.12 bits per heavy atom. The molecule has 0 aliphatic heterocycles. The van der Waals surface area contributed by atoms with E-state index in [1.807, 2.05) is 30.7 Å². The number of nitrogens with zero attached hydrogens (tertiary/aromatic N) is 4. The summed E-state index contributed by atoms with van der Waals surface area (Å²) in [6, 6.07) is 4.45. The van der Waals surface area contributed by atoms with Gasteiger partial charge in [-0.15, -0.1) is 0 Å². The fourth-order valence-electron chi connectivity index (χ4n) is 4.57. The summed E-state index contributed by atoms with van der Waals surface area (Å²) < 4.78 is 7.18. The summed E-state index contributed by atoms with van der Waals surface area (Å²) >= 11 is 0. The number of methoxy groups -OCH3 is 1. The summed E-state index contributed by atoms with van der Waals surface area (Å²) in [6.07, 6.45) is 12.4. The molecular weight excluding hydrogens is 430 g/mol. The number of nitrogens with one attached hydrogen (secondary N) is 3. The van der Waals surface area contributed by atoms with E-state index in [1.54, 1.807) is 17.8 Å². The summed E-state index contributed by atoms with van der Waals surface area (Å²) in [4.78, 5) is 25.4.